The average Bonchev–Trinajstić information content (AvgIpc) is 2.30. The smallest absolute Gasteiger partial charge is 0.192 e. The van der Waals surface area contributed by atoms with E-state index in [9.17, 15) is 0 Å². The molecule has 0 aliphatic rings. The van der Waals surface area contributed by atoms with E-state index in [4.69, 9.17) is 11.5 Å². The quantitative estimate of drug-likeness (QED) is 0.587. The molecular weight excluding hydrogens is 200 g/mol. The van der Waals surface area contributed by atoms with Crippen LogP contribution in [0.3, 0.4) is 0 Å². The molecule has 0 atom stereocenters. The van der Waals surface area contributed by atoms with Gasteiger partial charge in [0.1, 0.15) is 0 Å². The Bertz CT molecular complexity index is 484. The molecule has 4 N–H and O–H groups in total. The molecule has 0 bridgehead atoms. The fraction of sp³-hybridized carbons (Fsp3) is 0. The van der Waals surface area contributed by atoms with Crippen molar-refractivity contribution in [2.45, 2.75) is 0 Å². The van der Waals surface area contributed by atoms with Crippen LogP contribution in [-0.2, 0) is 0 Å². The molecule has 0 aliphatic heterocycles. The van der Waals surface area contributed by atoms with Gasteiger partial charge in [0, 0.05) is 11.8 Å². The highest BCUT2D eigenvalue weighted by Gasteiger charge is 1.97. The van der Waals surface area contributed by atoms with E-state index in [2.05, 4.69) is 9.98 Å². The summed E-state index contributed by atoms with van der Waals surface area (Å²) >= 11 is 0. The van der Waals surface area contributed by atoms with Crippen molar-refractivity contribution in [2.75, 3.05) is 0 Å². The number of rotatable bonds is 2. The highest BCUT2D eigenvalue weighted by Crippen LogP contribution is 2.19. The zero-order valence-corrected chi connectivity index (χ0v) is 8.67. The Balaban J connectivity index is 2.30. The molecule has 2 rings (SSSR count). The molecule has 80 valence electrons. The lowest BCUT2D eigenvalue weighted by atomic mass is 10.1. The summed E-state index contributed by atoms with van der Waals surface area (Å²) in [4.78, 5) is 8.00. The van der Waals surface area contributed by atoms with Crippen molar-refractivity contribution in [3.8, 4) is 11.1 Å². The molecular formula is C12H12N4. The minimum absolute atomic E-state index is 0.0139. The highest BCUT2D eigenvalue weighted by molar-refractivity contribution is 5.78. The first-order chi connectivity index (χ1) is 7.75. The molecule has 0 fully saturated rings. The van der Waals surface area contributed by atoms with Crippen LogP contribution >= 0.6 is 0 Å². The number of aromatic nitrogens is 1. The fourth-order valence-corrected chi connectivity index (χ4v) is 1.39. The maximum Gasteiger partial charge on any atom is 0.192 e. The zero-order valence-electron chi connectivity index (χ0n) is 8.67. The van der Waals surface area contributed by atoms with E-state index in [1.807, 2.05) is 36.4 Å². The van der Waals surface area contributed by atoms with Gasteiger partial charge in [-0.3, -0.25) is 0 Å². The van der Waals surface area contributed by atoms with E-state index in [0.29, 0.717) is 5.82 Å². The topological polar surface area (TPSA) is 77.3 Å². The zero-order chi connectivity index (χ0) is 11.4. The normalized spacial score (nSPS) is 9.75. The van der Waals surface area contributed by atoms with Crippen LogP contribution in [0.15, 0.2) is 53.7 Å². The Kier molecular flexibility index (Phi) is 2.82. The van der Waals surface area contributed by atoms with Crippen LogP contribution in [0.2, 0.25) is 0 Å². The van der Waals surface area contributed by atoms with Crippen molar-refractivity contribution < 1.29 is 0 Å². The molecule has 0 spiro atoms. The maximum atomic E-state index is 5.26. The van der Waals surface area contributed by atoms with E-state index in [1.54, 1.807) is 12.3 Å². The second-order valence-corrected chi connectivity index (χ2v) is 3.31. The van der Waals surface area contributed by atoms with Crippen LogP contribution < -0.4 is 11.5 Å². The molecule has 0 aliphatic carbocycles. The van der Waals surface area contributed by atoms with E-state index in [1.165, 1.54) is 0 Å². The van der Waals surface area contributed by atoms with Crippen LogP contribution in [0.4, 0.5) is 5.82 Å². The summed E-state index contributed by atoms with van der Waals surface area (Å²) in [5.74, 6) is 0.527. The summed E-state index contributed by atoms with van der Waals surface area (Å²) in [6.07, 6.45) is 1.75. The van der Waals surface area contributed by atoms with Gasteiger partial charge in [-0.05, 0) is 17.7 Å². The van der Waals surface area contributed by atoms with Crippen molar-refractivity contribution in [1.29, 1.82) is 0 Å². The van der Waals surface area contributed by atoms with Crippen molar-refractivity contribution in [1.82, 2.24) is 4.98 Å². The van der Waals surface area contributed by atoms with E-state index in [0.717, 1.165) is 11.1 Å². The second-order valence-electron chi connectivity index (χ2n) is 3.31. The molecule has 0 unspecified atom stereocenters. The largest absolute Gasteiger partial charge is 0.370 e. The van der Waals surface area contributed by atoms with E-state index < -0.39 is 0 Å². The number of nitrogens with zero attached hydrogens (tertiary/aromatic N) is 2. The van der Waals surface area contributed by atoms with Crippen LogP contribution in [0.5, 0.6) is 0 Å². The molecule has 1 aromatic heterocycles. The van der Waals surface area contributed by atoms with Crippen molar-refractivity contribution >= 4 is 11.8 Å². The monoisotopic (exact) mass is 212 g/mol. The minimum atomic E-state index is 0.0139. The molecule has 1 heterocycles. The molecule has 16 heavy (non-hydrogen) atoms. The predicted octanol–water partition coefficient (Wildman–Crippen LogP) is 1.65. The molecule has 0 amide bonds. The van der Waals surface area contributed by atoms with E-state index in [-0.39, 0.29) is 5.96 Å². The van der Waals surface area contributed by atoms with Crippen molar-refractivity contribution in [3.05, 3.63) is 48.7 Å². The van der Waals surface area contributed by atoms with Crippen molar-refractivity contribution in [2.24, 2.45) is 16.5 Å². The number of pyridine rings is 1. The summed E-state index contributed by atoms with van der Waals surface area (Å²) in [7, 11) is 0. The van der Waals surface area contributed by atoms with Gasteiger partial charge in [0.05, 0.1) is 0 Å². The summed E-state index contributed by atoms with van der Waals surface area (Å²) in [5.41, 5.74) is 12.7. The number of aliphatic imine (C=N–C) groups is 1. The predicted molar refractivity (Wildman–Crippen MR) is 65.1 cm³/mol. The van der Waals surface area contributed by atoms with Gasteiger partial charge in [-0.2, -0.15) is 4.99 Å². The lowest BCUT2D eigenvalue weighted by molar-refractivity contribution is 1.26. The molecule has 0 saturated carbocycles. The highest BCUT2D eigenvalue weighted by atomic mass is 15.0. The lowest BCUT2D eigenvalue weighted by Gasteiger charge is -2.00. The Hall–Kier alpha value is -2.36. The van der Waals surface area contributed by atoms with Crippen molar-refractivity contribution in [3.63, 3.8) is 0 Å². The van der Waals surface area contributed by atoms with Gasteiger partial charge in [0.2, 0.25) is 0 Å². The molecule has 1 aromatic carbocycles. The summed E-state index contributed by atoms with van der Waals surface area (Å²) in [6.45, 7) is 0. The number of hydrogen-bond donors (Lipinski definition) is 2. The van der Waals surface area contributed by atoms with Crippen LogP contribution in [0.25, 0.3) is 11.1 Å². The summed E-state index contributed by atoms with van der Waals surface area (Å²) in [5, 5.41) is 0. The third kappa shape index (κ3) is 2.36. The average molecular weight is 212 g/mol. The molecule has 4 nitrogen and oxygen atoms in total. The van der Waals surface area contributed by atoms with E-state index >= 15 is 0 Å². The first kappa shape index (κ1) is 10.2. The molecule has 0 saturated heterocycles. The van der Waals surface area contributed by atoms with Gasteiger partial charge in [-0.25, -0.2) is 4.98 Å². The Labute approximate surface area is 93.6 Å². The number of benzene rings is 1. The number of guanidine groups is 1. The third-order valence-electron chi connectivity index (χ3n) is 2.10. The van der Waals surface area contributed by atoms with Gasteiger partial charge in [-0.15, -0.1) is 0 Å². The standard InChI is InChI=1S/C12H12N4/c13-12(14)16-11-7-6-10(8-15-11)9-4-2-1-3-5-9/h1-8H,(H4,13,14,15,16). The molecule has 0 radical (unpaired) electrons. The first-order valence-electron chi connectivity index (χ1n) is 4.87. The van der Waals surface area contributed by atoms with Gasteiger partial charge in [-0.1, -0.05) is 30.3 Å². The minimum Gasteiger partial charge on any atom is -0.370 e. The molecule has 2 aromatic rings. The third-order valence-corrected chi connectivity index (χ3v) is 2.10. The van der Waals surface area contributed by atoms with Gasteiger partial charge >= 0.3 is 0 Å². The van der Waals surface area contributed by atoms with Crippen LogP contribution in [0, 0.1) is 0 Å². The summed E-state index contributed by atoms with van der Waals surface area (Å²) < 4.78 is 0. The maximum absolute atomic E-state index is 5.26. The Morgan fingerprint density at radius 1 is 0.938 bits per heavy atom. The SMILES string of the molecule is NC(N)=Nc1ccc(-c2ccccc2)cn1. The number of nitrogens with two attached hydrogens (primary N) is 2. The van der Waals surface area contributed by atoms with Gasteiger partial charge in [0.25, 0.3) is 0 Å². The Morgan fingerprint density at radius 3 is 2.25 bits per heavy atom. The Morgan fingerprint density at radius 2 is 1.69 bits per heavy atom. The van der Waals surface area contributed by atoms with Crippen LogP contribution in [-0.4, -0.2) is 10.9 Å². The van der Waals surface area contributed by atoms with Gasteiger partial charge < -0.3 is 11.5 Å². The first-order valence-corrected chi connectivity index (χ1v) is 4.87. The fourth-order valence-electron chi connectivity index (χ4n) is 1.39. The lowest BCUT2D eigenvalue weighted by Crippen LogP contribution is -2.22. The van der Waals surface area contributed by atoms with Gasteiger partial charge in [0.15, 0.2) is 11.8 Å². The second kappa shape index (κ2) is 4.44. The van der Waals surface area contributed by atoms with Crippen LogP contribution in [0.1, 0.15) is 0 Å². The molecule has 4 heteroatoms. The number of hydrogen-bond acceptors (Lipinski definition) is 2. The summed E-state index contributed by atoms with van der Waals surface area (Å²) in [6, 6.07) is 13.7.